The first-order chi connectivity index (χ1) is 16.4. The maximum absolute atomic E-state index is 13.4. The Morgan fingerprint density at radius 1 is 0.971 bits per heavy atom. The van der Waals surface area contributed by atoms with Crippen molar-refractivity contribution in [2.45, 2.75) is 24.0 Å². The van der Waals surface area contributed by atoms with E-state index < -0.39 is 10.0 Å². The zero-order chi connectivity index (χ0) is 24.4. The van der Waals surface area contributed by atoms with Crippen molar-refractivity contribution >= 4 is 33.4 Å². The molecule has 0 bridgehead atoms. The first kappa shape index (κ1) is 25.6. The van der Waals surface area contributed by atoms with Crippen LogP contribution < -0.4 is 14.4 Å². The van der Waals surface area contributed by atoms with Crippen LogP contribution in [0.4, 0.5) is 5.69 Å². The number of hydrogen-bond donors (Lipinski definition) is 1. The number of nitrogens with zero attached hydrogens (tertiary/aromatic N) is 1. The molecule has 1 amide bonds. The van der Waals surface area contributed by atoms with Crippen LogP contribution >= 0.6 is 11.8 Å². The van der Waals surface area contributed by atoms with Crippen LogP contribution in [0.3, 0.4) is 0 Å². The summed E-state index contributed by atoms with van der Waals surface area (Å²) in [6, 6.07) is 23.5. The quantitative estimate of drug-likeness (QED) is 0.368. The molecule has 0 aromatic heterocycles. The van der Waals surface area contributed by atoms with Crippen LogP contribution in [0, 0.1) is 6.92 Å². The average Bonchev–Trinajstić information content (AvgIpc) is 2.85. The Morgan fingerprint density at radius 3 is 2.29 bits per heavy atom. The summed E-state index contributed by atoms with van der Waals surface area (Å²) in [5.41, 5.74) is 2.63. The first-order valence-electron chi connectivity index (χ1n) is 11.0. The third-order valence-electron chi connectivity index (χ3n) is 5.16. The molecule has 0 saturated heterocycles. The van der Waals surface area contributed by atoms with Gasteiger partial charge in [-0.05, 0) is 61.1 Å². The van der Waals surface area contributed by atoms with E-state index in [1.54, 1.807) is 67.4 Å². The van der Waals surface area contributed by atoms with Crippen LogP contribution in [-0.2, 0) is 20.6 Å². The number of rotatable bonds is 12. The van der Waals surface area contributed by atoms with Crippen molar-refractivity contribution in [2.75, 3.05) is 30.3 Å². The Kier molecular flexibility index (Phi) is 9.42. The molecule has 6 nitrogen and oxygen atoms in total. The summed E-state index contributed by atoms with van der Waals surface area (Å²) < 4.78 is 33.1. The second-order valence-electron chi connectivity index (χ2n) is 7.76. The van der Waals surface area contributed by atoms with Crippen molar-refractivity contribution < 1.29 is 17.9 Å². The minimum atomic E-state index is -3.93. The number of aryl methyl sites for hydroxylation is 1. The number of nitrogens with one attached hydrogen (secondary N) is 1. The lowest BCUT2D eigenvalue weighted by Crippen LogP contribution is -2.41. The van der Waals surface area contributed by atoms with E-state index in [-0.39, 0.29) is 17.3 Å². The van der Waals surface area contributed by atoms with E-state index in [1.165, 1.54) is 5.56 Å². The summed E-state index contributed by atoms with van der Waals surface area (Å²) in [7, 11) is -2.38. The number of ether oxygens (including phenoxy) is 1. The molecule has 3 aromatic rings. The third kappa shape index (κ3) is 7.27. The van der Waals surface area contributed by atoms with Gasteiger partial charge >= 0.3 is 0 Å². The Hall–Kier alpha value is -2.97. The summed E-state index contributed by atoms with van der Waals surface area (Å²) in [5, 5.41) is 2.85. The standard InChI is InChI=1S/C26H30N2O4S2/c1-21-9-15-25(16-10-21)34(30,31)28(23-11-13-24(32-2)14-12-23)19-26(29)27-17-6-18-33-20-22-7-4-3-5-8-22/h3-5,7-16H,6,17-20H2,1-2H3,(H,27,29). The van der Waals surface area contributed by atoms with Crippen LogP contribution in [0.25, 0.3) is 0 Å². The van der Waals surface area contributed by atoms with E-state index >= 15 is 0 Å². The fourth-order valence-electron chi connectivity index (χ4n) is 3.25. The Labute approximate surface area is 206 Å². The van der Waals surface area contributed by atoms with E-state index in [0.717, 1.165) is 27.8 Å². The van der Waals surface area contributed by atoms with Crippen LogP contribution in [0.15, 0.2) is 83.8 Å². The van der Waals surface area contributed by atoms with Gasteiger partial charge in [-0.25, -0.2) is 8.42 Å². The molecule has 0 heterocycles. The highest BCUT2D eigenvalue weighted by atomic mass is 32.2. The topological polar surface area (TPSA) is 75.7 Å². The number of benzene rings is 3. The van der Waals surface area contributed by atoms with E-state index in [1.807, 2.05) is 25.1 Å². The highest BCUT2D eigenvalue weighted by Gasteiger charge is 2.27. The van der Waals surface area contributed by atoms with E-state index in [9.17, 15) is 13.2 Å². The van der Waals surface area contributed by atoms with Crippen LogP contribution in [0.5, 0.6) is 5.75 Å². The summed E-state index contributed by atoms with van der Waals surface area (Å²) in [6.07, 6.45) is 0.802. The number of anilines is 1. The van der Waals surface area contributed by atoms with Crippen molar-refractivity contribution in [3.63, 3.8) is 0 Å². The highest BCUT2D eigenvalue weighted by Crippen LogP contribution is 2.26. The molecular formula is C26H30N2O4S2. The third-order valence-corrected chi connectivity index (χ3v) is 8.06. The van der Waals surface area contributed by atoms with Gasteiger partial charge in [-0.3, -0.25) is 9.10 Å². The molecule has 0 spiro atoms. The second kappa shape index (κ2) is 12.5. The SMILES string of the molecule is COc1ccc(N(CC(=O)NCCCSCc2ccccc2)S(=O)(=O)c2ccc(C)cc2)cc1. The monoisotopic (exact) mass is 498 g/mol. The Balaban J connectivity index is 1.61. The summed E-state index contributed by atoms with van der Waals surface area (Å²) in [5.74, 6) is 2.09. The minimum absolute atomic E-state index is 0.138. The van der Waals surface area contributed by atoms with Gasteiger partial charge in [0.1, 0.15) is 12.3 Å². The van der Waals surface area contributed by atoms with Gasteiger partial charge in [0, 0.05) is 12.3 Å². The molecule has 0 aliphatic carbocycles. The van der Waals surface area contributed by atoms with Gasteiger partial charge in [-0.15, -0.1) is 0 Å². The number of methoxy groups -OCH3 is 1. The lowest BCUT2D eigenvalue weighted by atomic mass is 10.2. The number of hydrogen-bond acceptors (Lipinski definition) is 5. The molecule has 34 heavy (non-hydrogen) atoms. The van der Waals surface area contributed by atoms with Gasteiger partial charge in [-0.1, -0.05) is 48.0 Å². The highest BCUT2D eigenvalue weighted by molar-refractivity contribution is 7.98. The van der Waals surface area contributed by atoms with Gasteiger partial charge in [0.2, 0.25) is 5.91 Å². The van der Waals surface area contributed by atoms with Crippen LogP contribution in [0.1, 0.15) is 17.5 Å². The lowest BCUT2D eigenvalue weighted by molar-refractivity contribution is -0.119. The summed E-state index contributed by atoms with van der Waals surface area (Å²) >= 11 is 1.81. The molecule has 0 aliphatic heterocycles. The van der Waals surface area contributed by atoms with Gasteiger partial charge in [-0.2, -0.15) is 11.8 Å². The normalized spacial score (nSPS) is 11.1. The first-order valence-corrected chi connectivity index (χ1v) is 13.6. The second-order valence-corrected chi connectivity index (χ2v) is 10.7. The van der Waals surface area contributed by atoms with Gasteiger partial charge < -0.3 is 10.1 Å². The number of carbonyl (C=O) groups excluding carboxylic acids is 1. The van der Waals surface area contributed by atoms with Crippen LogP contribution in [0.2, 0.25) is 0 Å². The molecular weight excluding hydrogens is 468 g/mol. The van der Waals surface area contributed by atoms with E-state index in [4.69, 9.17) is 4.74 Å². The molecule has 3 aromatic carbocycles. The van der Waals surface area contributed by atoms with Gasteiger partial charge in [0.15, 0.2) is 0 Å². The number of sulfonamides is 1. The van der Waals surface area contributed by atoms with Crippen molar-refractivity contribution in [1.29, 1.82) is 0 Å². The van der Waals surface area contributed by atoms with E-state index in [2.05, 4.69) is 17.4 Å². The molecule has 0 atom stereocenters. The molecule has 0 radical (unpaired) electrons. The Morgan fingerprint density at radius 2 is 1.65 bits per heavy atom. The number of thioether (sulfide) groups is 1. The minimum Gasteiger partial charge on any atom is -0.497 e. The largest absolute Gasteiger partial charge is 0.497 e. The summed E-state index contributed by atoms with van der Waals surface area (Å²) in [6.45, 7) is 2.07. The molecule has 3 rings (SSSR count). The fourth-order valence-corrected chi connectivity index (χ4v) is 5.60. The smallest absolute Gasteiger partial charge is 0.264 e. The predicted molar refractivity (Wildman–Crippen MR) is 139 cm³/mol. The maximum atomic E-state index is 13.4. The van der Waals surface area contributed by atoms with Gasteiger partial charge in [0.05, 0.1) is 17.7 Å². The molecule has 0 saturated carbocycles. The molecule has 180 valence electrons. The zero-order valence-electron chi connectivity index (χ0n) is 19.4. The van der Waals surface area contributed by atoms with Crippen molar-refractivity contribution in [1.82, 2.24) is 5.32 Å². The summed E-state index contributed by atoms with van der Waals surface area (Å²) in [4.78, 5) is 12.8. The van der Waals surface area contributed by atoms with Crippen LogP contribution in [-0.4, -0.2) is 40.3 Å². The van der Waals surface area contributed by atoms with Gasteiger partial charge in [0.25, 0.3) is 10.0 Å². The van der Waals surface area contributed by atoms with Crippen molar-refractivity contribution in [3.8, 4) is 5.75 Å². The zero-order valence-corrected chi connectivity index (χ0v) is 21.1. The number of carbonyl (C=O) groups is 1. The average molecular weight is 499 g/mol. The van der Waals surface area contributed by atoms with E-state index in [0.29, 0.717) is 18.0 Å². The molecule has 8 heteroatoms. The molecule has 0 unspecified atom stereocenters. The number of amides is 1. The van der Waals surface area contributed by atoms with Crippen molar-refractivity contribution in [3.05, 3.63) is 90.0 Å². The van der Waals surface area contributed by atoms with Crippen molar-refractivity contribution in [2.24, 2.45) is 0 Å². The maximum Gasteiger partial charge on any atom is 0.264 e. The fraction of sp³-hybridized carbons (Fsp3) is 0.269. The molecule has 1 N–H and O–H groups in total. The molecule has 0 aliphatic rings. The predicted octanol–water partition coefficient (Wildman–Crippen LogP) is 4.64. The Bertz CT molecular complexity index is 1150. The molecule has 0 fully saturated rings. The lowest BCUT2D eigenvalue weighted by Gasteiger charge is -2.24.